The Bertz CT molecular complexity index is 1200. The molecule has 0 aliphatic rings. The minimum absolute atomic E-state index is 0.699. The summed E-state index contributed by atoms with van der Waals surface area (Å²) in [6, 6.07) is 12.2. The molecule has 2 aromatic carbocycles. The van der Waals surface area contributed by atoms with Gasteiger partial charge in [0.1, 0.15) is 5.82 Å². The molecule has 6 heteroatoms. The van der Waals surface area contributed by atoms with Crippen molar-refractivity contribution < 1.29 is 9.47 Å². The maximum Gasteiger partial charge on any atom is 0.161 e. The number of methoxy groups -OCH3 is 2. The van der Waals surface area contributed by atoms with Crippen molar-refractivity contribution in [2.45, 2.75) is 20.3 Å². The summed E-state index contributed by atoms with van der Waals surface area (Å²) >= 11 is 0. The van der Waals surface area contributed by atoms with Gasteiger partial charge in [0.05, 0.1) is 25.3 Å². The maximum absolute atomic E-state index is 5.59. The van der Waals surface area contributed by atoms with Crippen LogP contribution in [0.25, 0.3) is 32.6 Å². The number of ether oxygens (including phenoxy) is 2. The van der Waals surface area contributed by atoms with E-state index >= 15 is 0 Å². The first-order chi connectivity index (χ1) is 15.2. The molecular weight excluding hydrogens is 388 g/mol. The molecule has 0 fully saturated rings. The molecule has 4 rings (SSSR count). The quantitative estimate of drug-likeness (QED) is 0.302. The number of hydrogen-bond acceptors (Lipinski definition) is 6. The van der Waals surface area contributed by atoms with E-state index in [1.165, 1.54) is 0 Å². The number of nitrogens with zero attached hydrogens (tertiary/aromatic N) is 3. The Balaban J connectivity index is 1.84. The Hall–Kier alpha value is -3.12. The van der Waals surface area contributed by atoms with Gasteiger partial charge < -0.3 is 19.7 Å². The number of aromatic nitrogens is 2. The first-order valence-corrected chi connectivity index (χ1v) is 10.9. The Morgan fingerprint density at radius 3 is 2.35 bits per heavy atom. The second-order valence-electron chi connectivity index (χ2n) is 7.55. The Kier molecular flexibility index (Phi) is 6.37. The summed E-state index contributed by atoms with van der Waals surface area (Å²) in [5, 5.41) is 7.81. The molecule has 2 heterocycles. The highest BCUT2D eigenvalue weighted by atomic mass is 16.5. The summed E-state index contributed by atoms with van der Waals surface area (Å²) in [6.07, 6.45) is 2.86. The van der Waals surface area contributed by atoms with Gasteiger partial charge in [0.15, 0.2) is 11.5 Å². The lowest BCUT2D eigenvalue weighted by molar-refractivity contribution is 0.303. The fraction of sp³-hybridized carbons (Fsp3) is 0.360. The topological polar surface area (TPSA) is 59.5 Å². The zero-order valence-electron chi connectivity index (χ0n) is 18.7. The van der Waals surface area contributed by atoms with Crippen LogP contribution in [-0.2, 0) is 0 Å². The van der Waals surface area contributed by atoms with Gasteiger partial charge >= 0.3 is 0 Å². The van der Waals surface area contributed by atoms with Gasteiger partial charge in [0, 0.05) is 28.9 Å². The van der Waals surface area contributed by atoms with E-state index in [0.29, 0.717) is 11.5 Å². The van der Waals surface area contributed by atoms with E-state index in [4.69, 9.17) is 14.5 Å². The number of fused-ring (bicyclic) bond motifs is 5. The molecule has 0 spiro atoms. The summed E-state index contributed by atoms with van der Waals surface area (Å²) in [5.41, 5.74) is 1.88. The molecule has 0 atom stereocenters. The summed E-state index contributed by atoms with van der Waals surface area (Å²) in [4.78, 5) is 12.0. The third kappa shape index (κ3) is 4.08. The molecule has 4 aromatic rings. The van der Waals surface area contributed by atoms with E-state index in [1.807, 2.05) is 30.5 Å². The summed E-state index contributed by atoms with van der Waals surface area (Å²) in [6.45, 7) is 8.46. The van der Waals surface area contributed by atoms with Crippen molar-refractivity contribution in [3.63, 3.8) is 0 Å². The monoisotopic (exact) mass is 418 g/mol. The molecule has 0 unspecified atom stereocenters. The molecule has 1 N–H and O–H groups in total. The van der Waals surface area contributed by atoms with Crippen LogP contribution >= 0.6 is 0 Å². The Morgan fingerprint density at radius 1 is 0.903 bits per heavy atom. The van der Waals surface area contributed by atoms with E-state index in [2.05, 4.69) is 41.2 Å². The number of nitrogens with one attached hydrogen (secondary N) is 1. The smallest absolute Gasteiger partial charge is 0.161 e. The molecular formula is C25H30N4O2. The number of pyridine rings is 2. The predicted molar refractivity (Wildman–Crippen MR) is 129 cm³/mol. The number of hydrogen-bond donors (Lipinski definition) is 1. The molecule has 6 nitrogen and oxygen atoms in total. The zero-order valence-corrected chi connectivity index (χ0v) is 18.7. The van der Waals surface area contributed by atoms with E-state index in [-0.39, 0.29) is 0 Å². The van der Waals surface area contributed by atoms with Gasteiger partial charge in [-0.2, -0.15) is 0 Å². The van der Waals surface area contributed by atoms with Crippen LogP contribution in [0.4, 0.5) is 5.82 Å². The molecule has 31 heavy (non-hydrogen) atoms. The van der Waals surface area contributed by atoms with Crippen LogP contribution in [0.1, 0.15) is 20.3 Å². The van der Waals surface area contributed by atoms with Crippen molar-refractivity contribution in [1.82, 2.24) is 14.9 Å². The number of anilines is 1. The predicted octanol–water partition coefficient (Wildman–Crippen LogP) is 5.10. The highest BCUT2D eigenvalue weighted by Gasteiger charge is 2.15. The van der Waals surface area contributed by atoms with Crippen LogP contribution in [0.5, 0.6) is 11.5 Å². The molecule has 0 aliphatic carbocycles. The lowest BCUT2D eigenvalue weighted by Gasteiger charge is -2.19. The molecule has 162 valence electrons. The normalized spacial score (nSPS) is 11.5. The van der Waals surface area contributed by atoms with Crippen molar-refractivity contribution in [3.05, 3.63) is 42.6 Å². The van der Waals surface area contributed by atoms with Crippen molar-refractivity contribution in [2.24, 2.45) is 0 Å². The highest BCUT2D eigenvalue weighted by molar-refractivity contribution is 6.17. The third-order valence-electron chi connectivity index (χ3n) is 5.89. The van der Waals surface area contributed by atoms with E-state index in [0.717, 1.165) is 71.0 Å². The van der Waals surface area contributed by atoms with Gasteiger partial charge in [-0.1, -0.05) is 13.8 Å². The van der Waals surface area contributed by atoms with E-state index in [9.17, 15) is 0 Å². The number of rotatable bonds is 9. The average molecular weight is 419 g/mol. The average Bonchev–Trinajstić information content (AvgIpc) is 2.82. The van der Waals surface area contributed by atoms with Crippen molar-refractivity contribution in [3.8, 4) is 11.5 Å². The van der Waals surface area contributed by atoms with Crippen LogP contribution in [0.3, 0.4) is 0 Å². The minimum Gasteiger partial charge on any atom is -0.493 e. The molecule has 0 bridgehead atoms. The summed E-state index contributed by atoms with van der Waals surface area (Å²) < 4.78 is 11.2. The lowest BCUT2D eigenvalue weighted by atomic mass is 10.0. The third-order valence-corrected chi connectivity index (χ3v) is 5.89. The first kappa shape index (κ1) is 21.1. The van der Waals surface area contributed by atoms with Gasteiger partial charge in [-0.05, 0) is 67.8 Å². The van der Waals surface area contributed by atoms with E-state index in [1.54, 1.807) is 14.2 Å². The lowest BCUT2D eigenvalue weighted by Crippen LogP contribution is -2.25. The number of benzene rings is 2. The molecule has 0 radical (unpaired) electrons. The molecule has 2 aromatic heterocycles. The van der Waals surface area contributed by atoms with Crippen LogP contribution in [0.15, 0.2) is 42.6 Å². The van der Waals surface area contributed by atoms with Crippen LogP contribution < -0.4 is 14.8 Å². The molecule has 0 aliphatic heterocycles. The Morgan fingerprint density at radius 2 is 1.65 bits per heavy atom. The van der Waals surface area contributed by atoms with Gasteiger partial charge in [-0.3, -0.25) is 4.98 Å². The fourth-order valence-corrected chi connectivity index (χ4v) is 4.13. The van der Waals surface area contributed by atoms with Crippen LogP contribution in [0, 0.1) is 0 Å². The van der Waals surface area contributed by atoms with Gasteiger partial charge in [-0.25, -0.2) is 4.98 Å². The van der Waals surface area contributed by atoms with E-state index < -0.39 is 0 Å². The standard InChI is InChI=1S/C25H30N4O2/c1-5-29(6-2)14-8-13-27-25-20-16-23(31-4)22(30-3)15-19(20)17-10-11-21-18(24(17)28-25)9-7-12-26-21/h7,9-12,15-16H,5-6,8,13-14H2,1-4H3,(H,27,28). The van der Waals surface area contributed by atoms with Gasteiger partial charge in [0.2, 0.25) is 0 Å². The van der Waals surface area contributed by atoms with Crippen molar-refractivity contribution in [2.75, 3.05) is 45.7 Å². The molecule has 0 saturated carbocycles. The van der Waals surface area contributed by atoms with Crippen LogP contribution in [0.2, 0.25) is 0 Å². The minimum atomic E-state index is 0.699. The van der Waals surface area contributed by atoms with Gasteiger partial charge in [0.25, 0.3) is 0 Å². The summed E-state index contributed by atoms with van der Waals surface area (Å²) in [5.74, 6) is 2.27. The Labute approximate surface area is 183 Å². The molecule has 0 amide bonds. The van der Waals surface area contributed by atoms with Crippen molar-refractivity contribution >= 4 is 38.4 Å². The second-order valence-corrected chi connectivity index (χ2v) is 7.55. The highest BCUT2D eigenvalue weighted by Crippen LogP contribution is 2.39. The zero-order chi connectivity index (χ0) is 21.8. The van der Waals surface area contributed by atoms with Crippen LogP contribution in [-0.4, -0.2) is 55.3 Å². The maximum atomic E-state index is 5.59. The second kappa shape index (κ2) is 9.35. The SMILES string of the molecule is CCN(CC)CCCNc1nc2c3cccnc3ccc2c2cc(OC)c(OC)cc12. The largest absolute Gasteiger partial charge is 0.493 e. The van der Waals surface area contributed by atoms with Crippen molar-refractivity contribution in [1.29, 1.82) is 0 Å². The molecule has 0 saturated heterocycles. The fourth-order valence-electron chi connectivity index (χ4n) is 4.13. The first-order valence-electron chi connectivity index (χ1n) is 10.9. The summed E-state index contributed by atoms with van der Waals surface area (Å²) in [7, 11) is 3.33. The van der Waals surface area contributed by atoms with Gasteiger partial charge in [-0.15, -0.1) is 0 Å².